The molecule has 98 valence electrons. The molecule has 2 aromatic heterocycles. The van der Waals surface area contributed by atoms with E-state index in [2.05, 4.69) is 33.9 Å². The summed E-state index contributed by atoms with van der Waals surface area (Å²) in [5, 5.41) is 10.4. The molecule has 0 bridgehead atoms. The van der Waals surface area contributed by atoms with Crippen molar-refractivity contribution >= 4 is 27.8 Å². The number of rotatable bonds is 6. The Bertz CT molecular complexity index is 489. The summed E-state index contributed by atoms with van der Waals surface area (Å²) in [6, 6.07) is 0. The smallest absolute Gasteiger partial charge is 0.203 e. The van der Waals surface area contributed by atoms with Crippen molar-refractivity contribution in [1.29, 1.82) is 0 Å². The number of nitrogen functional groups attached to an aromatic ring is 1. The maximum absolute atomic E-state index is 5.58. The fourth-order valence-electron chi connectivity index (χ4n) is 1.65. The van der Waals surface area contributed by atoms with Crippen LogP contribution in [0.5, 0.6) is 0 Å². The van der Waals surface area contributed by atoms with Gasteiger partial charge in [-0.15, -0.1) is 21.5 Å². The summed E-state index contributed by atoms with van der Waals surface area (Å²) in [5.41, 5.74) is 5.58. The van der Waals surface area contributed by atoms with E-state index >= 15 is 0 Å². The third-order valence-corrected chi connectivity index (χ3v) is 4.72. The Labute approximate surface area is 115 Å². The first kappa shape index (κ1) is 13.4. The van der Waals surface area contributed by atoms with Crippen molar-refractivity contribution in [2.75, 3.05) is 25.4 Å². The molecule has 0 aliphatic heterocycles. The lowest BCUT2D eigenvalue weighted by Crippen LogP contribution is -2.25. The van der Waals surface area contributed by atoms with Crippen LogP contribution in [0, 0.1) is 0 Å². The van der Waals surface area contributed by atoms with Gasteiger partial charge in [0.25, 0.3) is 0 Å². The molecule has 0 spiro atoms. The van der Waals surface area contributed by atoms with Crippen molar-refractivity contribution in [3.05, 3.63) is 11.2 Å². The average Bonchev–Trinajstić information content (AvgIpc) is 2.99. The number of nitrogens with two attached hydrogens (primary N) is 1. The van der Waals surface area contributed by atoms with Crippen LogP contribution in [0.3, 0.4) is 0 Å². The summed E-state index contributed by atoms with van der Waals surface area (Å²) >= 11 is 3.08. The molecule has 0 saturated heterocycles. The highest BCUT2D eigenvalue weighted by Crippen LogP contribution is 2.29. The zero-order valence-electron chi connectivity index (χ0n) is 10.6. The van der Waals surface area contributed by atoms with E-state index in [0.717, 1.165) is 40.9 Å². The second kappa shape index (κ2) is 6.21. The van der Waals surface area contributed by atoms with Crippen LogP contribution in [0.15, 0.2) is 6.20 Å². The first-order valence-electron chi connectivity index (χ1n) is 5.99. The molecule has 2 rings (SSSR count). The van der Waals surface area contributed by atoms with E-state index in [-0.39, 0.29) is 0 Å². The van der Waals surface area contributed by atoms with E-state index in [0.29, 0.717) is 5.13 Å². The molecule has 2 aromatic rings. The molecular weight excluding hydrogens is 266 g/mol. The topological polar surface area (TPSA) is 67.9 Å². The Morgan fingerprint density at radius 1 is 1.22 bits per heavy atom. The van der Waals surface area contributed by atoms with Crippen LogP contribution >= 0.6 is 22.7 Å². The number of nitrogens with zero attached hydrogens (tertiary/aromatic N) is 4. The van der Waals surface area contributed by atoms with Crippen LogP contribution in [0.1, 0.15) is 18.9 Å². The summed E-state index contributed by atoms with van der Waals surface area (Å²) in [7, 11) is 0. The monoisotopic (exact) mass is 283 g/mol. The number of hydrogen-bond acceptors (Lipinski definition) is 7. The van der Waals surface area contributed by atoms with Gasteiger partial charge in [-0.1, -0.05) is 25.2 Å². The lowest BCUT2D eigenvalue weighted by atomic mass is 10.4. The maximum Gasteiger partial charge on any atom is 0.203 e. The van der Waals surface area contributed by atoms with Crippen molar-refractivity contribution in [1.82, 2.24) is 20.1 Å². The summed E-state index contributed by atoms with van der Waals surface area (Å²) in [4.78, 5) is 7.88. The maximum atomic E-state index is 5.58. The molecule has 0 radical (unpaired) electrons. The number of anilines is 1. The standard InChI is InChI=1S/C11H17N5S2/c1-3-16(4-2)6-5-9-13-7-8(17-9)10-14-15-11(12)18-10/h7H,3-6H2,1-2H3,(H2,12,15). The molecule has 0 aliphatic rings. The molecule has 0 amide bonds. The van der Waals surface area contributed by atoms with E-state index in [1.54, 1.807) is 11.3 Å². The normalized spacial score (nSPS) is 11.3. The zero-order chi connectivity index (χ0) is 13.0. The lowest BCUT2D eigenvalue weighted by Gasteiger charge is -2.16. The van der Waals surface area contributed by atoms with Gasteiger partial charge in [-0.25, -0.2) is 4.98 Å². The van der Waals surface area contributed by atoms with Gasteiger partial charge in [-0.3, -0.25) is 0 Å². The van der Waals surface area contributed by atoms with E-state index in [9.17, 15) is 0 Å². The summed E-state index contributed by atoms with van der Waals surface area (Å²) in [5.74, 6) is 0. The van der Waals surface area contributed by atoms with Crippen molar-refractivity contribution in [2.24, 2.45) is 0 Å². The van der Waals surface area contributed by atoms with E-state index in [1.807, 2.05) is 6.20 Å². The first-order valence-corrected chi connectivity index (χ1v) is 7.62. The molecule has 0 aliphatic carbocycles. The van der Waals surface area contributed by atoms with E-state index in [4.69, 9.17) is 5.73 Å². The minimum atomic E-state index is 0.503. The largest absolute Gasteiger partial charge is 0.374 e. The molecule has 18 heavy (non-hydrogen) atoms. The third-order valence-electron chi connectivity index (χ3n) is 2.74. The fraction of sp³-hybridized carbons (Fsp3) is 0.545. The van der Waals surface area contributed by atoms with Crippen molar-refractivity contribution in [3.63, 3.8) is 0 Å². The zero-order valence-corrected chi connectivity index (χ0v) is 12.2. The van der Waals surface area contributed by atoms with Crippen LogP contribution in [-0.2, 0) is 6.42 Å². The van der Waals surface area contributed by atoms with Gasteiger partial charge >= 0.3 is 0 Å². The highest BCUT2D eigenvalue weighted by molar-refractivity contribution is 7.23. The van der Waals surface area contributed by atoms with Gasteiger partial charge in [0.1, 0.15) is 0 Å². The Balaban J connectivity index is 1.98. The van der Waals surface area contributed by atoms with Gasteiger partial charge in [0.15, 0.2) is 5.01 Å². The van der Waals surface area contributed by atoms with Gasteiger partial charge in [0.2, 0.25) is 5.13 Å². The number of hydrogen-bond donors (Lipinski definition) is 1. The van der Waals surface area contributed by atoms with Crippen LogP contribution < -0.4 is 5.73 Å². The molecule has 0 fully saturated rings. The highest BCUT2D eigenvalue weighted by atomic mass is 32.1. The Morgan fingerprint density at radius 2 is 2.00 bits per heavy atom. The van der Waals surface area contributed by atoms with Gasteiger partial charge in [0.05, 0.1) is 9.88 Å². The van der Waals surface area contributed by atoms with Gasteiger partial charge in [-0.2, -0.15) is 0 Å². The second-order valence-electron chi connectivity index (χ2n) is 3.84. The van der Waals surface area contributed by atoms with Crippen LogP contribution in [0.25, 0.3) is 9.88 Å². The van der Waals surface area contributed by atoms with Gasteiger partial charge in [0, 0.05) is 19.2 Å². The summed E-state index contributed by atoms with van der Waals surface area (Å²) in [6.45, 7) is 7.59. The number of aromatic nitrogens is 3. The molecular formula is C11H17N5S2. The molecule has 2 heterocycles. The van der Waals surface area contributed by atoms with Crippen LogP contribution in [0.4, 0.5) is 5.13 Å². The quantitative estimate of drug-likeness (QED) is 0.879. The molecule has 0 atom stereocenters. The van der Waals surface area contributed by atoms with Crippen molar-refractivity contribution in [3.8, 4) is 9.88 Å². The second-order valence-corrected chi connectivity index (χ2v) is 5.96. The molecule has 5 nitrogen and oxygen atoms in total. The lowest BCUT2D eigenvalue weighted by molar-refractivity contribution is 0.308. The molecule has 7 heteroatoms. The minimum Gasteiger partial charge on any atom is -0.374 e. The molecule has 0 saturated carbocycles. The Hall–Kier alpha value is -1.05. The third kappa shape index (κ3) is 3.24. The Morgan fingerprint density at radius 3 is 2.61 bits per heavy atom. The van der Waals surface area contributed by atoms with E-state index in [1.165, 1.54) is 11.3 Å². The van der Waals surface area contributed by atoms with Gasteiger partial charge in [-0.05, 0) is 13.1 Å². The molecule has 0 aromatic carbocycles. The predicted octanol–water partition coefficient (Wildman–Crippen LogP) is 2.13. The highest BCUT2D eigenvalue weighted by Gasteiger charge is 2.10. The van der Waals surface area contributed by atoms with Crippen LogP contribution in [-0.4, -0.2) is 39.7 Å². The number of thiazole rings is 1. The van der Waals surface area contributed by atoms with Crippen LogP contribution in [0.2, 0.25) is 0 Å². The number of likely N-dealkylation sites (N-methyl/N-ethyl adjacent to an activating group) is 1. The van der Waals surface area contributed by atoms with Crippen molar-refractivity contribution in [2.45, 2.75) is 20.3 Å². The summed E-state index contributed by atoms with van der Waals surface area (Å²) < 4.78 is 0. The van der Waals surface area contributed by atoms with Gasteiger partial charge < -0.3 is 10.6 Å². The average molecular weight is 283 g/mol. The predicted molar refractivity (Wildman–Crippen MR) is 76.9 cm³/mol. The molecule has 0 unspecified atom stereocenters. The Kier molecular flexibility index (Phi) is 4.62. The minimum absolute atomic E-state index is 0.503. The summed E-state index contributed by atoms with van der Waals surface area (Å²) in [6.07, 6.45) is 2.85. The first-order chi connectivity index (χ1) is 8.72. The fourth-order valence-corrected chi connectivity index (χ4v) is 3.20. The van der Waals surface area contributed by atoms with E-state index < -0.39 is 0 Å². The molecule has 2 N–H and O–H groups in total. The SMILES string of the molecule is CCN(CC)CCc1ncc(-c2nnc(N)s2)s1. The van der Waals surface area contributed by atoms with Crippen molar-refractivity contribution < 1.29 is 0 Å².